The number of amides is 1. The van der Waals surface area contributed by atoms with Gasteiger partial charge < -0.3 is 14.5 Å². The van der Waals surface area contributed by atoms with Gasteiger partial charge in [-0.05, 0) is 49.7 Å². The summed E-state index contributed by atoms with van der Waals surface area (Å²) in [5, 5.41) is 2.98. The van der Waals surface area contributed by atoms with E-state index in [1.807, 2.05) is 48.5 Å². The molecule has 1 atom stereocenters. The molecule has 2 aromatic heterocycles. The Balaban J connectivity index is 1.37. The molecule has 3 aromatic rings. The maximum Gasteiger partial charge on any atom is 0.241 e. The van der Waals surface area contributed by atoms with Crippen LogP contribution in [0.2, 0.25) is 0 Å². The van der Waals surface area contributed by atoms with E-state index in [1.54, 1.807) is 18.5 Å². The molecule has 0 spiro atoms. The van der Waals surface area contributed by atoms with Gasteiger partial charge in [0, 0.05) is 6.07 Å². The minimum Gasteiger partial charge on any atom is -0.468 e. The predicted molar refractivity (Wildman–Crippen MR) is 106 cm³/mol. The molecule has 144 valence electrons. The molecule has 1 aliphatic rings. The normalized spacial score (nSPS) is 17.2. The number of hydrogen-bond acceptors (Lipinski definition) is 5. The van der Waals surface area contributed by atoms with Crippen LogP contribution in [0.1, 0.15) is 25.0 Å². The molecule has 1 fully saturated rings. The van der Waals surface area contributed by atoms with Gasteiger partial charge in [-0.15, -0.1) is 0 Å². The summed E-state index contributed by atoms with van der Waals surface area (Å²) in [6.45, 7) is 1.54. The number of benzene rings is 1. The first-order valence-corrected chi connectivity index (χ1v) is 9.54. The van der Waals surface area contributed by atoms with Crippen LogP contribution < -0.4 is 10.1 Å². The molecule has 1 N–H and O–H groups in total. The number of hydrogen-bond donors (Lipinski definition) is 1. The van der Waals surface area contributed by atoms with Gasteiger partial charge in [-0.25, -0.2) is 4.98 Å². The Labute approximate surface area is 164 Å². The number of carbonyl (C=O) groups excluding carboxylic acids is 1. The third-order valence-electron chi connectivity index (χ3n) is 4.82. The largest absolute Gasteiger partial charge is 0.468 e. The second-order valence-corrected chi connectivity index (χ2v) is 6.85. The molecule has 0 bridgehead atoms. The number of rotatable bonds is 6. The topological polar surface area (TPSA) is 67.6 Å². The van der Waals surface area contributed by atoms with Crippen LogP contribution in [0, 0.1) is 0 Å². The quantitative estimate of drug-likeness (QED) is 0.687. The van der Waals surface area contributed by atoms with E-state index in [0.29, 0.717) is 18.1 Å². The van der Waals surface area contributed by atoms with Crippen molar-refractivity contribution in [1.29, 1.82) is 0 Å². The first-order chi connectivity index (χ1) is 13.8. The van der Waals surface area contributed by atoms with Crippen molar-refractivity contribution in [3.63, 3.8) is 0 Å². The Morgan fingerprint density at radius 3 is 2.79 bits per heavy atom. The second-order valence-electron chi connectivity index (χ2n) is 6.85. The molecule has 6 nitrogen and oxygen atoms in total. The van der Waals surface area contributed by atoms with Gasteiger partial charge in [0.1, 0.15) is 11.5 Å². The maximum atomic E-state index is 12.8. The molecule has 1 amide bonds. The summed E-state index contributed by atoms with van der Waals surface area (Å²) < 4.78 is 11.1. The average molecular weight is 377 g/mol. The smallest absolute Gasteiger partial charge is 0.241 e. The molecular formula is C22H23N3O3. The molecule has 28 heavy (non-hydrogen) atoms. The van der Waals surface area contributed by atoms with Crippen molar-refractivity contribution in [2.24, 2.45) is 0 Å². The second kappa shape index (κ2) is 8.71. The molecule has 4 rings (SSSR count). The summed E-state index contributed by atoms with van der Waals surface area (Å²) >= 11 is 0. The maximum absolute atomic E-state index is 12.8. The first kappa shape index (κ1) is 18.3. The molecule has 0 saturated carbocycles. The third kappa shape index (κ3) is 4.58. The lowest BCUT2D eigenvalue weighted by Gasteiger charge is -2.33. The average Bonchev–Trinajstić information content (AvgIpc) is 3.24. The Kier molecular flexibility index (Phi) is 5.68. The lowest BCUT2D eigenvalue weighted by Crippen LogP contribution is -2.46. The van der Waals surface area contributed by atoms with Gasteiger partial charge in [0.25, 0.3) is 0 Å². The van der Waals surface area contributed by atoms with Crippen molar-refractivity contribution >= 4 is 11.6 Å². The molecule has 3 heterocycles. The lowest BCUT2D eigenvalue weighted by atomic mass is 10.0. The van der Waals surface area contributed by atoms with Gasteiger partial charge in [-0.1, -0.05) is 24.6 Å². The summed E-state index contributed by atoms with van der Waals surface area (Å²) in [6.07, 6.45) is 6.27. The first-order valence-electron chi connectivity index (χ1n) is 9.54. The van der Waals surface area contributed by atoms with Gasteiger partial charge in [-0.3, -0.25) is 9.69 Å². The van der Waals surface area contributed by atoms with E-state index < -0.39 is 0 Å². The van der Waals surface area contributed by atoms with Gasteiger partial charge in [0.15, 0.2) is 0 Å². The zero-order valence-corrected chi connectivity index (χ0v) is 15.6. The van der Waals surface area contributed by atoms with E-state index in [-0.39, 0.29) is 11.9 Å². The molecule has 1 saturated heterocycles. The Morgan fingerprint density at radius 2 is 2.04 bits per heavy atom. The Bertz CT molecular complexity index is 879. The van der Waals surface area contributed by atoms with E-state index in [9.17, 15) is 4.79 Å². The molecule has 1 aromatic carbocycles. The highest BCUT2D eigenvalue weighted by molar-refractivity contribution is 5.94. The van der Waals surface area contributed by atoms with E-state index in [0.717, 1.165) is 37.3 Å². The SMILES string of the molecule is O=C(Nc1ccc(Oc2ccccc2)nc1)[C@@H]1CCCCN1Cc1ccco1. The Morgan fingerprint density at radius 1 is 1.14 bits per heavy atom. The molecule has 0 unspecified atom stereocenters. The fourth-order valence-electron chi connectivity index (χ4n) is 3.43. The molecule has 1 aliphatic heterocycles. The number of anilines is 1. The predicted octanol–water partition coefficient (Wildman–Crippen LogP) is 4.46. The van der Waals surface area contributed by atoms with E-state index >= 15 is 0 Å². The summed E-state index contributed by atoms with van der Waals surface area (Å²) in [4.78, 5) is 19.3. The van der Waals surface area contributed by atoms with Crippen LogP contribution in [0.4, 0.5) is 5.69 Å². The minimum atomic E-state index is -0.168. The lowest BCUT2D eigenvalue weighted by molar-refractivity contribution is -0.122. The van der Waals surface area contributed by atoms with Gasteiger partial charge in [0.2, 0.25) is 11.8 Å². The van der Waals surface area contributed by atoms with Crippen molar-refractivity contribution in [2.75, 3.05) is 11.9 Å². The Hall–Kier alpha value is -3.12. The van der Waals surface area contributed by atoms with E-state index in [4.69, 9.17) is 9.15 Å². The van der Waals surface area contributed by atoms with Gasteiger partial charge in [0.05, 0.1) is 30.7 Å². The summed E-state index contributed by atoms with van der Waals surface area (Å²) in [6, 6.07) is 16.7. The van der Waals surface area contributed by atoms with Crippen LogP contribution in [0.15, 0.2) is 71.5 Å². The van der Waals surface area contributed by atoms with Crippen LogP contribution in [0.25, 0.3) is 0 Å². The van der Waals surface area contributed by atoms with Crippen molar-refractivity contribution in [1.82, 2.24) is 9.88 Å². The number of nitrogens with one attached hydrogen (secondary N) is 1. The molecule has 0 radical (unpaired) electrons. The number of carbonyl (C=O) groups is 1. The number of aromatic nitrogens is 1. The highest BCUT2D eigenvalue weighted by atomic mass is 16.5. The number of furan rings is 1. The van der Waals surface area contributed by atoms with Crippen molar-refractivity contribution in [3.8, 4) is 11.6 Å². The number of nitrogens with zero attached hydrogens (tertiary/aromatic N) is 2. The number of pyridine rings is 1. The van der Waals surface area contributed by atoms with Crippen LogP contribution in [-0.2, 0) is 11.3 Å². The number of likely N-dealkylation sites (tertiary alicyclic amines) is 1. The van der Waals surface area contributed by atoms with Crippen LogP contribution in [-0.4, -0.2) is 28.4 Å². The van der Waals surface area contributed by atoms with Crippen LogP contribution in [0.3, 0.4) is 0 Å². The minimum absolute atomic E-state index is 0.00946. The highest BCUT2D eigenvalue weighted by Gasteiger charge is 2.29. The number of ether oxygens (including phenoxy) is 1. The zero-order chi connectivity index (χ0) is 19.2. The molecule has 0 aliphatic carbocycles. The zero-order valence-electron chi connectivity index (χ0n) is 15.6. The fourth-order valence-corrected chi connectivity index (χ4v) is 3.43. The van der Waals surface area contributed by atoms with Crippen molar-refractivity contribution in [2.45, 2.75) is 31.8 Å². The summed E-state index contributed by atoms with van der Waals surface area (Å²) in [7, 11) is 0. The fraction of sp³-hybridized carbons (Fsp3) is 0.273. The van der Waals surface area contributed by atoms with E-state index in [2.05, 4.69) is 15.2 Å². The number of piperidine rings is 1. The van der Waals surface area contributed by atoms with Crippen molar-refractivity contribution in [3.05, 3.63) is 72.8 Å². The third-order valence-corrected chi connectivity index (χ3v) is 4.82. The van der Waals surface area contributed by atoms with E-state index in [1.165, 1.54) is 0 Å². The van der Waals surface area contributed by atoms with Crippen LogP contribution in [0.5, 0.6) is 11.6 Å². The van der Waals surface area contributed by atoms with Crippen LogP contribution >= 0.6 is 0 Å². The molecular weight excluding hydrogens is 354 g/mol. The monoisotopic (exact) mass is 377 g/mol. The molecule has 6 heteroatoms. The van der Waals surface area contributed by atoms with Gasteiger partial charge >= 0.3 is 0 Å². The highest BCUT2D eigenvalue weighted by Crippen LogP contribution is 2.23. The van der Waals surface area contributed by atoms with Crippen molar-refractivity contribution < 1.29 is 13.9 Å². The summed E-state index contributed by atoms with van der Waals surface area (Å²) in [5.74, 6) is 2.08. The summed E-state index contributed by atoms with van der Waals surface area (Å²) in [5.41, 5.74) is 0.661. The van der Waals surface area contributed by atoms with Gasteiger partial charge in [-0.2, -0.15) is 0 Å². The standard InChI is InChI=1S/C22H23N3O3/c26-22(20-10-4-5-13-25(20)16-19-9-6-14-27-19)24-17-11-12-21(23-15-17)28-18-7-2-1-3-8-18/h1-3,6-9,11-12,14-15,20H,4-5,10,13,16H2,(H,24,26)/t20-/m0/s1. The number of para-hydroxylation sites is 1.